The molecule has 0 spiro atoms. The van der Waals surface area contributed by atoms with Crippen LogP contribution in [0.5, 0.6) is 0 Å². The van der Waals surface area contributed by atoms with Crippen molar-refractivity contribution in [1.29, 1.82) is 0 Å². The van der Waals surface area contributed by atoms with Crippen LogP contribution in [0.25, 0.3) is 0 Å². The topological polar surface area (TPSA) is 17.1 Å². The van der Waals surface area contributed by atoms with Gasteiger partial charge in [0.1, 0.15) is 10.8 Å². The summed E-state index contributed by atoms with van der Waals surface area (Å²) in [7, 11) is -4.08. The maximum atomic E-state index is 14.4. The fourth-order valence-corrected chi connectivity index (χ4v) is 8.77. The van der Waals surface area contributed by atoms with Crippen LogP contribution in [0.4, 0.5) is 30.7 Å². The molecular formula is C21H13Br2Cl2F7OS. The van der Waals surface area contributed by atoms with E-state index in [4.69, 9.17) is 23.2 Å². The van der Waals surface area contributed by atoms with Crippen LogP contribution < -0.4 is 0 Å². The Kier molecular flexibility index (Phi) is 7.69. The molecule has 3 unspecified atom stereocenters. The molecule has 0 heterocycles. The maximum Gasteiger partial charge on any atom is 0.461 e. The van der Waals surface area contributed by atoms with Crippen molar-refractivity contribution >= 4 is 65.9 Å². The fraction of sp³-hybridized carbons (Fsp3) is 0.333. The molecule has 34 heavy (non-hydrogen) atoms. The zero-order chi connectivity index (χ0) is 25.7. The smallest absolute Gasteiger partial charge is 0.248 e. The molecule has 2 aromatic rings. The molecule has 1 aliphatic rings. The van der Waals surface area contributed by atoms with E-state index in [-0.39, 0.29) is 16.5 Å². The summed E-state index contributed by atoms with van der Waals surface area (Å²) in [4.78, 5) is -0.839. The van der Waals surface area contributed by atoms with Gasteiger partial charge in [-0.3, -0.25) is 0 Å². The summed E-state index contributed by atoms with van der Waals surface area (Å²) in [6, 6.07) is 12.4. The van der Waals surface area contributed by atoms with Gasteiger partial charge < -0.3 is 0 Å². The lowest BCUT2D eigenvalue weighted by Crippen LogP contribution is -2.54. The van der Waals surface area contributed by atoms with Crippen LogP contribution in [0.3, 0.4) is 0 Å². The Hall–Kier alpha value is -0.620. The quantitative estimate of drug-likeness (QED) is 0.228. The van der Waals surface area contributed by atoms with Gasteiger partial charge in [0.15, 0.2) is 0 Å². The van der Waals surface area contributed by atoms with Gasteiger partial charge in [0, 0.05) is 21.4 Å². The summed E-state index contributed by atoms with van der Waals surface area (Å²) in [5, 5.41) is -5.62. The lowest BCUT2D eigenvalue weighted by molar-refractivity contribution is -0.331. The highest BCUT2D eigenvalue weighted by atomic mass is 79.9. The maximum absolute atomic E-state index is 14.4. The fourth-order valence-electron chi connectivity index (χ4n) is 3.66. The monoisotopic (exact) mass is 674 g/mol. The van der Waals surface area contributed by atoms with Crippen molar-refractivity contribution in [1.82, 2.24) is 0 Å². The third-order valence-corrected chi connectivity index (χ3v) is 9.30. The van der Waals surface area contributed by atoms with E-state index in [1.54, 1.807) is 24.3 Å². The van der Waals surface area contributed by atoms with Crippen LogP contribution in [-0.2, 0) is 19.4 Å². The first-order valence-corrected chi connectivity index (χ1v) is 12.8. The van der Waals surface area contributed by atoms with Gasteiger partial charge in [-0.15, -0.1) is 0 Å². The molecule has 0 saturated heterocycles. The highest BCUT2D eigenvalue weighted by Gasteiger charge is 2.76. The van der Waals surface area contributed by atoms with E-state index in [2.05, 4.69) is 31.9 Å². The number of hydrogen-bond donors (Lipinski definition) is 0. The zero-order valence-corrected chi connectivity index (χ0v) is 22.1. The van der Waals surface area contributed by atoms with E-state index in [9.17, 15) is 34.9 Å². The number of hydrogen-bond acceptors (Lipinski definition) is 1. The SMILES string of the molecule is O=S(C1=CC(Br)(c2ccccc2Cl)CC(Br)(c2ccccc2Cl)C1)C(F)(F)C(F)(F)C(F)(F)F. The molecule has 1 nitrogen and oxygen atoms in total. The summed E-state index contributed by atoms with van der Waals surface area (Å²) < 4.78 is 104. The summed E-state index contributed by atoms with van der Waals surface area (Å²) in [5.74, 6) is -6.54. The summed E-state index contributed by atoms with van der Waals surface area (Å²) in [6.07, 6.45) is -6.25. The van der Waals surface area contributed by atoms with Crippen LogP contribution in [0.15, 0.2) is 59.5 Å². The van der Waals surface area contributed by atoms with Crippen molar-refractivity contribution in [2.75, 3.05) is 0 Å². The molecule has 1 aliphatic carbocycles. The molecule has 0 bridgehead atoms. The van der Waals surface area contributed by atoms with Crippen molar-refractivity contribution in [3.8, 4) is 0 Å². The van der Waals surface area contributed by atoms with Gasteiger partial charge >= 0.3 is 17.4 Å². The van der Waals surface area contributed by atoms with Crippen molar-refractivity contribution < 1.29 is 34.9 Å². The Morgan fingerprint density at radius 2 is 1.29 bits per heavy atom. The minimum Gasteiger partial charge on any atom is -0.248 e. The minimum absolute atomic E-state index is 0.00933. The van der Waals surface area contributed by atoms with Crippen molar-refractivity contribution in [2.24, 2.45) is 0 Å². The molecule has 0 fully saturated rings. The van der Waals surface area contributed by atoms with Crippen molar-refractivity contribution in [2.45, 2.75) is 38.8 Å². The molecule has 0 aliphatic heterocycles. The predicted molar refractivity (Wildman–Crippen MR) is 126 cm³/mol. The second kappa shape index (κ2) is 9.36. The second-order valence-electron chi connectivity index (χ2n) is 7.61. The molecule has 0 amide bonds. The van der Waals surface area contributed by atoms with Gasteiger partial charge in [-0.25, -0.2) is 4.21 Å². The predicted octanol–water partition coefficient (Wildman–Crippen LogP) is 9.09. The van der Waals surface area contributed by atoms with E-state index in [1.165, 1.54) is 24.3 Å². The number of rotatable bonds is 5. The van der Waals surface area contributed by atoms with Gasteiger partial charge in [0.05, 0.1) is 8.65 Å². The van der Waals surface area contributed by atoms with E-state index < -0.39 is 48.1 Å². The second-order valence-corrected chi connectivity index (χ2v) is 12.9. The van der Waals surface area contributed by atoms with Gasteiger partial charge in [-0.1, -0.05) is 97.5 Å². The third-order valence-electron chi connectivity index (χ3n) is 5.25. The van der Waals surface area contributed by atoms with E-state index in [0.29, 0.717) is 11.1 Å². The largest absolute Gasteiger partial charge is 0.461 e. The Bertz CT molecular complexity index is 1160. The molecule has 0 aromatic heterocycles. The number of halogens is 11. The summed E-state index contributed by atoms with van der Waals surface area (Å²) in [6.45, 7) is 0. The highest BCUT2D eigenvalue weighted by molar-refractivity contribution is 9.10. The first-order chi connectivity index (χ1) is 15.5. The number of benzene rings is 2. The van der Waals surface area contributed by atoms with Crippen LogP contribution in [-0.4, -0.2) is 21.6 Å². The normalized spacial score (nSPS) is 25.1. The van der Waals surface area contributed by atoms with Crippen molar-refractivity contribution in [3.05, 3.63) is 80.7 Å². The minimum atomic E-state index is -6.62. The van der Waals surface area contributed by atoms with Crippen LogP contribution >= 0.6 is 55.1 Å². The lowest BCUT2D eigenvalue weighted by Gasteiger charge is -2.42. The average molecular weight is 677 g/mol. The first-order valence-electron chi connectivity index (χ1n) is 9.30. The molecule has 13 heteroatoms. The van der Waals surface area contributed by atoms with Crippen LogP contribution in [0, 0.1) is 0 Å². The lowest BCUT2D eigenvalue weighted by atomic mass is 9.78. The van der Waals surface area contributed by atoms with Crippen LogP contribution in [0.1, 0.15) is 24.0 Å². The number of allylic oxidation sites excluding steroid dienone is 2. The molecule has 3 rings (SSSR count). The zero-order valence-electron chi connectivity index (χ0n) is 16.6. The molecular weight excluding hydrogens is 664 g/mol. The molecule has 0 saturated carbocycles. The summed E-state index contributed by atoms with van der Waals surface area (Å²) >= 11 is 19.4. The Labute approximate surface area is 219 Å². The first kappa shape index (κ1) is 28.0. The van der Waals surface area contributed by atoms with Crippen LogP contribution in [0.2, 0.25) is 10.0 Å². The summed E-state index contributed by atoms with van der Waals surface area (Å²) in [5.41, 5.74) is 0.633. The van der Waals surface area contributed by atoms with Crippen molar-refractivity contribution in [3.63, 3.8) is 0 Å². The molecule has 0 radical (unpaired) electrons. The molecule has 3 atom stereocenters. The van der Waals surface area contributed by atoms with E-state index >= 15 is 0 Å². The van der Waals surface area contributed by atoms with Gasteiger partial charge in [0.25, 0.3) is 0 Å². The molecule has 0 N–H and O–H groups in total. The van der Waals surface area contributed by atoms with Gasteiger partial charge in [-0.2, -0.15) is 30.7 Å². The van der Waals surface area contributed by atoms with Gasteiger partial charge in [0.2, 0.25) is 0 Å². The third kappa shape index (κ3) is 4.84. The highest BCUT2D eigenvalue weighted by Crippen LogP contribution is 2.59. The molecule has 186 valence electrons. The standard InChI is InChI=1S/C21H13Br2Cl2F7OS/c22-17(13-5-1-3-7-15(13)24)9-12(34(33)21(31,32)19(26,27)20(28,29)30)10-18(23,11-17)14-6-2-4-8-16(14)25/h1-9H,10-11H2. The molecule has 2 aromatic carbocycles. The Morgan fingerprint density at radius 1 is 0.824 bits per heavy atom. The van der Waals surface area contributed by atoms with E-state index in [0.717, 1.165) is 6.08 Å². The Morgan fingerprint density at radius 3 is 1.76 bits per heavy atom. The number of alkyl halides is 9. The van der Waals surface area contributed by atoms with E-state index in [1.807, 2.05) is 0 Å². The van der Waals surface area contributed by atoms with Gasteiger partial charge in [-0.05, 0) is 29.7 Å². The Balaban J connectivity index is 2.23. The average Bonchev–Trinajstić information content (AvgIpc) is 2.72.